The lowest BCUT2D eigenvalue weighted by atomic mass is 9.99. The molecule has 0 aromatic heterocycles. The third-order valence-corrected chi connectivity index (χ3v) is 10.2. The highest BCUT2D eigenvalue weighted by atomic mass is 16.5. The van der Waals surface area contributed by atoms with Crippen molar-refractivity contribution in [2.45, 2.75) is 129 Å². The summed E-state index contributed by atoms with van der Waals surface area (Å²) in [5.41, 5.74) is 1.34. The van der Waals surface area contributed by atoms with E-state index in [4.69, 9.17) is 4.74 Å². The maximum atomic E-state index is 13.9. The van der Waals surface area contributed by atoms with E-state index in [2.05, 4.69) is 28.2 Å². The fourth-order valence-corrected chi connectivity index (χ4v) is 6.59. The Morgan fingerprint density at radius 1 is 0.828 bits per heavy atom. The van der Waals surface area contributed by atoms with Crippen molar-refractivity contribution in [3.63, 3.8) is 0 Å². The zero-order valence-corrected chi connectivity index (χ0v) is 34.8. The minimum atomic E-state index is -1.11. The second kappa shape index (κ2) is 23.7. The van der Waals surface area contributed by atoms with E-state index in [-0.39, 0.29) is 42.6 Å². The number of unbranched alkanes of at least 4 members (excludes halogenated alkanes) is 6. The predicted molar refractivity (Wildman–Crippen MR) is 220 cm³/mol. The average molecular weight is 806 g/mol. The van der Waals surface area contributed by atoms with Gasteiger partial charge < -0.3 is 41.1 Å². The van der Waals surface area contributed by atoms with Crippen LogP contribution in [0.25, 0.3) is 0 Å². The first-order valence-corrected chi connectivity index (χ1v) is 20.5. The summed E-state index contributed by atoms with van der Waals surface area (Å²) in [4.78, 5) is 82.5. The highest BCUT2D eigenvalue weighted by Crippen LogP contribution is 2.18. The van der Waals surface area contributed by atoms with Crippen LogP contribution in [0, 0.1) is 11.8 Å². The molecule has 5 atom stereocenters. The largest absolute Gasteiger partial charge is 0.508 e. The summed E-state index contributed by atoms with van der Waals surface area (Å²) in [6.07, 6.45) is 10.2. The van der Waals surface area contributed by atoms with Crippen LogP contribution >= 0.6 is 0 Å². The number of phenolic OH excluding ortho intramolecular Hbond substituents is 2. The third-order valence-electron chi connectivity index (χ3n) is 10.2. The fraction of sp³-hybridized carbons (Fsp3) is 0.545. The van der Waals surface area contributed by atoms with E-state index in [9.17, 15) is 39.0 Å². The Balaban J connectivity index is 1.80. The maximum Gasteiger partial charge on any atom is 0.329 e. The standard InChI is InChI=1S/C44H63N5O9/c1-7-8-9-10-11-12-13-14-37(52)46-35(25-30-15-20-33(50)21-16-30)41(54)48-39(28(2)3)42(55)45-32-19-24-38(53)47-40(29(4)5)43(56)49(6)36(44(57)58-27-32)26-31-17-22-34(51)23-18-31/h15-24,28-29,32,35-36,39-40,50-51H,7-14,25-27H2,1-6H3,(H,45,55)(H,46,52)(H,47,53)(H,48,54)/b24-19-/t32-,35+,36+,39+,40+/m1/s1. The zero-order chi connectivity index (χ0) is 42.8. The molecular formula is C44H63N5O9. The maximum absolute atomic E-state index is 13.9. The smallest absolute Gasteiger partial charge is 0.329 e. The van der Waals surface area contributed by atoms with Crippen molar-refractivity contribution in [1.82, 2.24) is 26.2 Å². The zero-order valence-electron chi connectivity index (χ0n) is 34.8. The Bertz CT molecular complexity index is 1690. The average Bonchev–Trinajstić information content (AvgIpc) is 3.18. The topological polar surface area (TPSA) is 203 Å². The minimum absolute atomic E-state index is 0.0368. The number of rotatable bonds is 19. The van der Waals surface area contributed by atoms with Crippen LogP contribution in [-0.2, 0) is 46.3 Å². The molecule has 6 N–H and O–H groups in total. The number of carbonyl (C=O) groups excluding carboxylic acids is 6. The lowest BCUT2D eigenvalue weighted by Crippen LogP contribution is -2.57. The van der Waals surface area contributed by atoms with E-state index in [1.54, 1.807) is 52.0 Å². The van der Waals surface area contributed by atoms with Crippen LogP contribution in [0.2, 0.25) is 0 Å². The number of amides is 5. The van der Waals surface area contributed by atoms with Crippen LogP contribution in [0.4, 0.5) is 0 Å². The number of hydrogen-bond donors (Lipinski definition) is 6. The molecule has 0 fully saturated rings. The van der Waals surface area contributed by atoms with Crippen molar-refractivity contribution in [3.8, 4) is 11.5 Å². The summed E-state index contributed by atoms with van der Waals surface area (Å²) in [7, 11) is 1.46. The molecule has 2 aromatic rings. The Morgan fingerprint density at radius 2 is 1.41 bits per heavy atom. The van der Waals surface area contributed by atoms with Gasteiger partial charge in [-0.05, 0) is 53.6 Å². The molecule has 0 radical (unpaired) electrons. The molecule has 0 saturated carbocycles. The van der Waals surface area contributed by atoms with Gasteiger partial charge in [-0.15, -0.1) is 0 Å². The molecule has 0 aliphatic carbocycles. The molecule has 58 heavy (non-hydrogen) atoms. The first-order valence-electron chi connectivity index (χ1n) is 20.5. The fourth-order valence-electron chi connectivity index (χ4n) is 6.59. The predicted octanol–water partition coefficient (Wildman–Crippen LogP) is 4.21. The van der Waals surface area contributed by atoms with E-state index in [0.717, 1.165) is 31.8 Å². The molecule has 14 heteroatoms. The second-order valence-electron chi connectivity index (χ2n) is 15.8. The molecule has 0 unspecified atom stereocenters. The normalized spacial score (nSPS) is 19.3. The highest BCUT2D eigenvalue weighted by Gasteiger charge is 2.36. The van der Waals surface area contributed by atoms with Gasteiger partial charge >= 0.3 is 5.97 Å². The molecule has 0 saturated heterocycles. The van der Waals surface area contributed by atoms with Crippen molar-refractivity contribution in [2.24, 2.45) is 11.8 Å². The number of benzene rings is 2. The molecule has 1 aliphatic rings. The number of nitrogens with zero attached hydrogens (tertiary/aromatic N) is 1. The van der Waals surface area contributed by atoms with Crippen molar-refractivity contribution < 1.29 is 43.7 Å². The van der Waals surface area contributed by atoms with Crippen molar-refractivity contribution in [2.75, 3.05) is 13.7 Å². The van der Waals surface area contributed by atoms with Crippen LogP contribution in [0.3, 0.4) is 0 Å². The Labute approximate surface area is 342 Å². The van der Waals surface area contributed by atoms with Gasteiger partial charge in [0.2, 0.25) is 29.5 Å². The molecule has 2 aromatic carbocycles. The van der Waals surface area contributed by atoms with Crippen LogP contribution in [0.15, 0.2) is 60.7 Å². The summed E-state index contributed by atoms with van der Waals surface area (Å²) >= 11 is 0. The summed E-state index contributed by atoms with van der Waals surface area (Å²) in [5, 5.41) is 30.7. The van der Waals surface area contributed by atoms with Gasteiger partial charge in [0, 0.05) is 32.4 Å². The Morgan fingerprint density at radius 3 is 2.00 bits per heavy atom. The van der Waals surface area contributed by atoms with Gasteiger partial charge in [0.15, 0.2) is 0 Å². The summed E-state index contributed by atoms with van der Waals surface area (Å²) in [5.74, 6) is -3.99. The van der Waals surface area contributed by atoms with Crippen molar-refractivity contribution in [1.29, 1.82) is 0 Å². The van der Waals surface area contributed by atoms with E-state index in [1.165, 1.54) is 55.1 Å². The van der Waals surface area contributed by atoms with E-state index in [0.29, 0.717) is 17.5 Å². The van der Waals surface area contributed by atoms with E-state index in [1.807, 2.05) is 0 Å². The molecule has 5 amide bonds. The monoisotopic (exact) mass is 805 g/mol. The van der Waals surface area contributed by atoms with Gasteiger partial charge in [0.05, 0.1) is 6.04 Å². The Hall–Kier alpha value is -5.40. The lowest BCUT2D eigenvalue weighted by molar-refractivity contribution is -0.156. The number of hydrogen-bond acceptors (Lipinski definition) is 9. The minimum Gasteiger partial charge on any atom is -0.508 e. The van der Waals surface area contributed by atoms with E-state index < -0.39 is 72.3 Å². The van der Waals surface area contributed by atoms with Gasteiger partial charge in [-0.1, -0.05) is 103 Å². The van der Waals surface area contributed by atoms with Gasteiger partial charge in [0.1, 0.15) is 42.3 Å². The van der Waals surface area contributed by atoms with Gasteiger partial charge in [-0.25, -0.2) is 4.79 Å². The van der Waals surface area contributed by atoms with Gasteiger partial charge in [-0.3, -0.25) is 24.0 Å². The van der Waals surface area contributed by atoms with Crippen molar-refractivity contribution >= 4 is 35.5 Å². The van der Waals surface area contributed by atoms with Crippen LogP contribution in [0.5, 0.6) is 11.5 Å². The van der Waals surface area contributed by atoms with Gasteiger partial charge in [-0.2, -0.15) is 0 Å². The van der Waals surface area contributed by atoms with E-state index >= 15 is 0 Å². The molecule has 0 bridgehead atoms. The molecule has 1 heterocycles. The second-order valence-corrected chi connectivity index (χ2v) is 15.8. The van der Waals surface area contributed by atoms with Crippen LogP contribution in [-0.4, -0.2) is 94.5 Å². The highest BCUT2D eigenvalue weighted by molar-refractivity contribution is 5.95. The lowest BCUT2D eigenvalue weighted by Gasteiger charge is -2.32. The van der Waals surface area contributed by atoms with Crippen molar-refractivity contribution in [3.05, 3.63) is 71.8 Å². The number of cyclic esters (lactones) is 1. The third kappa shape index (κ3) is 15.5. The summed E-state index contributed by atoms with van der Waals surface area (Å²) < 4.78 is 5.70. The Kier molecular flexibility index (Phi) is 19.2. The van der Waals surface area contributed by atoms with Gasteiger partial charge in [0.25, 0.3) is 0 Å². The van der Waals surface area contributed by atoms with Crippen LogP contribution < -0.4 is 21.3 Å². The molecule has 1 aliphatic heterocycles. The number of carbonyl (C=O) groups is 6. The quantitative estimate of drug-likeness (QED) is 0.0888. The first-order chi connectivity index (χ1) is 27.6. The first kappa shape index (κ1) is 47.0. The number of aromatic hydroxyl groups is 2. The number of esters is 1. The number of phenols is 2. The van der Waals surface area contributed by atoms with Crippen LogP contribution in [0.1, 0.15) is 97.1 Å². The number of likely N-dealkylation sites (N-methyl/N-ethyl adjacent to an activating group) is 1. The molecular weight excluding hydrogens is 743 g/mol. The molecule has 14 nitrogen and oxygen atoms in total. The molecule has 0 spiro atoms. The summed E-state index contributed by atoms with van der Waals surface area (Å²) in [6, 6.07) is 7.28. The SMILES string of the molecule is CCCCCCCCCC(=O)N[C@@H](Cc1ccc(O)cc1)C(=O)N[C@H](C(=O)N[C@@H]1/C=C\C(=O)N[C@@H](C(C)C)C(=O)N(C)[C@@H](Cc2ccc(O)cc2)C(=O)OC1)C(C)C. The molecule has 318 valence electrons. The molecule has 3 rings (SSSR count). The number of ether oxygens (including phenoxy) is 1. The summed E-state index contributed by atoms with van der Waals surface area (Å²) in [6.45, 7) is 8.78. The number of nitrogens with one attached hydrogen (secondary N) is 4.